The van der Waals surface area contributed by atoms with Crippen LogP contribution in [0.3, 0.4) is 0 Å². The molecular weight excluding hydrogens is 466 g/mol. The van der Waals surface area contributed by atoms with E-state index in [1.807, 2.05) is 37.3 Å². The van der Waals surface area contributed by atoms with E-state index in [1.54, 1.807) is 48.5 Å². The maximum atomic E-state index is 12.7. The topological polar surface area (TPSA) is 97.9 Å². The Labute approximate surface area is 209 Å². The number of rotatable bonds is 10. The molecular formula is C26H27N3O5S. The molecule has 0 aromatic heterocycles. The Balaban J connectivity index is 1.47. The van der Waals surface area contributed by atoms with E-state index in [0.29, 0.717) is 49.1 Å². The zero-order chi connectivity index (χ0) is 24.9. The van der Waals surface area contributed by atoms with E-state index in [4.69, 9.17) is 26.4 Å². The van der Waals surface area contributed by atoms with Crippen LogP contribution in [0.25, 0.3) is 0 Å². The van der Waals surface area contributed by atoms with Gasteiger partial charge in [-0.2, -0.15) is 0 Å². The monoisotopic (exact) mass is 493 g/mol. The number of ether oxygens (including phenoxy) is 3. The first kappa shape index (κ1) is 25.7. The summed E-state index contributed by atoms with van der Waals surface area (Å²) in [6, 6.07) is 23.1. The Morgan fingerprint density at radius 2 is 1.51 bits per heavy atom. The molecule has 0 aliphatic carbocycles. The Bertz CT molecular complexity index is 1120. The molecule has 0 bridgehead atoms. The van der Waals surface area contributed by atoms with Gasteiger partial charge in [0.25, 0.3) is 11.8 Å². The Kier molecular flexibility index (Phi) is 10.0. The zero-order valence-electron chi connectivity index (χ0n) is 19.3. The van der Waals surface area contributed by atoms with Crippen LogP contribution in [0, 0.1) is 0 Å². The van der Waals surface area contributed by atoms with Crippen molar-refractivity contribution in [1.82, 2.24) is 16.2 Å². The first-order valence-corrected chi connectivity index (χ1v) is 11.5. The molecule has 0 unspecified atom stereocenters. The fourth-order valence-electron chi connectivity index (χ4n) is 2.97. The van der Waals surface area contributed by atoms with Gasteiger partial charge in [0.2, 0.25) is 0 Å². The lowest BCUT2D eigenvalue weighted by molar-refractivity contribution is 0.0930. The van der Waals surface area contributed by atoms with Crippen molar-refractivity contribution in [2.45, 2.75) is 13.5 Å². The molecule has 0 fully saturated rings. The van der Waals surface area contributed by atoms with Crippen LogP contribution < -0.4 is 25.6 Å². The lowest BCUT2D eigenvalue weighted by Crippen LogP contribution is -2.48. The van der Waals surface area contributed by atoms with E-state index in [2.05, 4.69) is 16.2 Å². The highest BCUT2D eigenvalue weighted by atomic mass is 32.1. The van der Waals surface area contributed by atoms with Gasteiger partial charge in [0.05, 0.1) is 12.2 Å². The average Bonchev–Trinajstić information content (AvgIpc) is 2.89. The summed E-state index contributed by atoms with van der Waals surface area (Å²) in [6.07, 6.45) is 0. The Morgan fingerprint density at radius 1 is 0.800 bits per heavy atom. The highest BCUT2D eigenvalue weighted by Crippen LogP contribution is 2.19. The lowest BCUT2D eigenvalue weighted by Gasteiger charge is -2.14. The van der Waals surface area contributed by atoms with E-state index in [-0.39, 0.29) is 5.11 Å². The molecule has 8 nitrogen and oxygen atoms in total. The summed E-state index contributed by atoms with van der Waals surface area (Å²) in [5.74, 6) is 0.166. The quantitative estimate of drug-likeness (QED) is 0.225. The molecule has 35 heavy (non-hydrogen) atoms. The highest BCUT2D eigenvalue weighted by molar-refractivity contribution is 7.80. The second kappa shape index (κ2) is 13.7. The number of hydrogen-bond donors (Lipinski definition) is 3. The molecule has 0 atom stereocenters. The van der Waals surface area contributed by atoms with E-state index >= 15 is 0 Å². The summed E-state index contributed by atoms with van der Waals surface area (Å²) in [5, 5.41) is 2.47. The van der Waals surface area contributed by atoms with Crippen molar-refractivity contribution < 1.29 is 23.8 Å². The zero-order valence-corrected chi connectivity index (χ0v) is 20.1. The fraction of sp³-hybridized carbons (Fsp3) is 0.192. The Hall–Kier alpha value is -3.95. The van der Waals surface area contributed by atoms with Gasteiger partial charge in [-0.3, -0.25) is 25.8 Å². The molecule has 0 radical (unpaired) electrons. The third-order valence-electron chi connectivity index (χ3n) is 4.70. The van der Waals surface area contributed by atoms with Crippen molar-refractivity contribution in [1.29, 1.82) is 0 Å². The smallest absolute Gasteiger partial charge is 0.273 e. The first-order chi connectivity index (χ1) is 17.1. The number of carbonyl (C=O) groups is 2. The molecule has 3 aromatic carbocycles. The van der Waals surface area contributed by atoms with Crippen molar-refractivity contribution in [3.05, 3.63) is 95.6 Å². The molecule has 3 rings (SSSR count). The second-order valence-electron chi connectivity index (χ2n) is 7.20. The summed E-state index contributed by atoms with van der Waals surface area (Å²) in [6.45, 7) is 3.79. The number of carbonyl (C=O) groups excluding carboxylic acids is 2. The standard InChI is InChI=1S/C26H27N3O5S/c1-2-32-16-17-33-21-14-12-20(13-15-21)24(30)27-26(35)29-28-25(31)22-10-6-7-11-23(22)34-18-19-8-4-3-5-9-19/h3-15H,2,16-18H2,1H3,(H,28,31)(H2,27,29,30,35). The van der Waals surface area contributed by atoms with E-state index in [9.17, 15) is 9.59 Å². The van der Waals surface area contributed by atoms with Crippen LogP contribution in [0.5, 0.6) is 11.5 Å². The average molecular weight is 494 g/mol. The van der Waals surface area contributed by atoms with Crippen molar-refractivity contribution in [2.24, 2.45) is 0 Å². The summed E-state index contributed by atoms with van der Waals surface area (Å²) in [5.41, 5.74) is 6.71. The van der Waals surface area contributed by atoms with Crippen LogP contribution in [0.2, 0.25) is 0 Å². The molecule has 0 spiro atoms. The number of hydrazine groups is 1. The van der Waals surface area contributed by atoms with Gasteiger partial charge in [0.15, 0.2) is 5.11 Å². The molecule has 0 aliphatic rings. The summed E-state index contributed by atoms with van der Waals surface area (Å²) in [4.78, 5) is 25.1. The fourth-order valence-corrected chi connectivity index (χ4v) is 3.11. The minimum Gasteiger partial charge on any atom is -0.491 e. The van der Waals surface area contributed by atoms with Crippen LogP contribution in [0.1, 0.15) is 33.2 Å². The van der Waals surface area contributed by atoms with Crippen LogP contribution in [0.4, 0.5) is 0 Å². The summed E-state index contributed by atoms with van der Waals surface area (Å²) >= 11 is 5.13. The maximum Gasteiger partial charge on any atom is 0.273 e. The van der Waals surface area contributed by atoms with Gasteiger partial charge in [-0.1, -0.05) is 42.5 Å². The van der Waals surface area contributed by atoms with Crippen LogP contribution >= 0.6 is 12.2 Å². The number of para-hydroxylation sites is 1. The van der Waals surface area contributed by atoms with Gasteiger partial charge in [0, 0.05) is 12.2 Å². The van der Waals surface area contributed by atoms with Gasteiger partial charge >= 0.3 is 0 Å². The molecule has 3 N–H and O–H groups in total. The molecule has 0 heterocycles. The molecule has 2 amide bonds. The van der Waals surface area contributed by atoms with Gasteiger partial charge < -0.3 is 14.2 Å². The van der Waals surface area contributed by atoms with E-state index < -0.39 is 11.8 Å². The minimum atomic E-state index is -0.459. The maximum absolute atomic E-state index is 12.7. The Morgan fingerprint density at radius 3 is 2.26 bits per heavy atom. The minimum absolute atomic E-state index is 0.0527. The highest BCUT2D eigenvalue weighted by Gasteiger charge is 2.14. The van der Waals surface area contributed by atoms with Gasteiger partial charge in [-0.25, -0.2) is 0 Å². The third kappa shape index (κ3) is 8.40. The number of benzene rings is 3. The van der Waals surface area contributed by atoms with Gasteiger partial charge in [0.1, 0.15) is 24.7 Å². The summed E-state index contributed by atoms with van der Waals surface area (Å²) < 4.78 is 16.6. The lowest BCUT2D eigenvalue weighted by atomic mass is 10.2. The van der Waals surface area contributed by atoms with Crippen LogP contribution in [0.15, 0.2) is 78.9 Å². The van der Waals surface area contributed by atoms with Crippen LogP contribution in [-0.4, -0.2) is 36.7 Å². The number of thiocarbonyl (C=S) groups is 1. The van der Waals surface area contributed by atoms with Crippen molar-refractivity contribution in [2.75, 3.05) is 19.8 Å². The number of amides is 2. The molecule has 182 valence electrons. The van der Waals surface area contributed by atoms with Crippen molar-refractivity contribution in [3.8, 4) is 11.5 Å². The SMILES string of the molecule is CCOCCOc1ccc(C(=O)NC(=S)NNC(=O)c2ccccc2OCc2ccccc2)cc1. The molecule has 9 heteroatoms. The van der Waals surface area contributed by atoms with Gasteiger partial charge in [-0.05, 0) is 61.1 Å². The molecule has 0 saturated heterocycles. The van der Waals surface area contributed by atoms with Gasteiger partial charge in [-0.15, -0.1) is 0 Å². The third-order valence-corrected chi connectivity index (χ3v) is 4.91. The second-order valence-corrected chi connectivity index (χ2v) is 7.61. The molecule has 0 saturated carbocycles. The van der Waals surface area contributed by atoms with E-state index in [0.717, 1.165) is 5.56 Å². The normalized spacial score (nSPS) is 10.2. The molecule has 0 aliphatic heterocycles. The summed E-state index contributed by atoms with van der Waals surface area (Å²) in [7, 11) is 0. The number of nitrogens with one attached hydrogen (secondary N) is 3. The predicted molar refractivity (Wildman–Crippen MR) is 136 cm³/mol. The van der Waals surface area contributed by atoms with E-state index in [1.165, 1.54) is 0 Å². The largest absolute Gasteiger partial charge is 0.491 e. The number of hydrogen-bond acceptors (Lipinski definition) is 6. The molecule has 3 aromatic rings. The van der Waals surface area contributed by atoms with Crippen molar-refractivity contribution >= 4 is 29.1 Å². The predicted octanol–water partition coefficient (Wildman–Crippen LogP) is 3.63. The van der Waals surface area contributed by atoms with Crippen molar-refractivity contribution in [3.63, 3.8) is 0 Å². The van der Waals surface area contributed by atoms with Crippen LogP contribution in [-0.2, 0) is 11.3 Å². The first-order valence-electron chi connectivity index (χ1n) is 11.0.